The molecule has 9 heteroatoms. The molecule has 1 aliphatic heterocycles. The van der Waals surface area contributed by atoms with E-state index in [9.17, 15) is 27.2 Å². The van der Waals surface area contributed by atoms with Crippen molar-refractivity contribution in [3.8, 4) is 0 Å². The summed E-state index contributed by atoms with van der Waals surface area (Å²) in [5.41, 5.74) is -3.68. The predicted molar refractivity (Wildman–Crippen MR) is 92.8 cm³/mol. The number of carbonyl (C=O) groups excluding carboxylic acids is 2. The highest BCUT2D eigenvalue weighted by molar-refractivity contribution is 5.93. The second kappa shape index (κ2) is 9.60. The second-order valence-corrected chi connectivity index (χ2v) is 7.14. The molecule has 5 nitrogen and oxygen atoms in total. The maximum atomic E-state index is 14.4. The van der Waals surface area contributed by atoms with Gasteiger partial charge >= 0.3 is 11.9 Å². The maximum Gasteiger partial charge on any atom is 0.336 e. The Kier molecular flexibility index (Phi) is 7.71. The Morgan fingerprint density at radius 3 is 2.18 bits per heavy atom. The first-order chi connectivity index (χ1) is 13.3. The molecular weight excluding hydrogens is 382 g/mol. The molecule has 2 atom stereocenters. The highest BCUT2D eigenvalue weighted by Gasteiger charge is 2.62. The fourth-order valence-corrected chi connectivity index (χ4v) is 4.40. The maximum absolute atomic E-state index is 14.4. The van der Waals surface area contributed by atoms with Gasteiger partial charge in [-0.15, -0.1) is 0 Å². The normalized spacial score (nSPS) is 26.4. The van der Waals surface area contributed by atoms with Gasteiger partial charge < -0.3 is 14.8 Å². The zero-order valence-electron chi connectivity index (χ0n) is 16.1. The number of hydrogen-bond acceptors (Lipinski definition) is 5. The van der Waals surface area contributed by atoms with Crippen LogP contribution in [0.2, 0.25) is 0 Å². The van der Waals surface area contributed by atoms with Gasteiger partial charge in [0.15, 0.2) is 5.41 Å². The molecular formula is C19H27F4NO4. The molecule has 0 bridgehead atoms. The van der Waals surface area contributed by atoms with Crippen molar-refractivity contribution in [2.45, 2.75) is 58.8 Å². The number of halogens is 4. The lowest BCUT2D eigenvalue weighted by atomic mass is 9.60. The van der Waals surface area contributed by atoms with Crippen molar-refractivity contribution in [3.05, 3.63) is 11.3 Å². The van der Waals surface area contributed by atoms with E-state index in [2.05, 4.69) is 5.32 Å². The van der Waals surface area contributed by atoms with Crippen LogP contribution in [0.25, 0.3) is 0 Å². The quantitative estimate of drug-likeness (QED) is 0.513. The predicted octanol–water partition coefficient (Wildman–Crippen LogP) is 3.68. The third kappa shape index (κ3) is 4.12. The van der Waals surface area contributed by atoms with Gasteiger partial charge in [0.05, 0.1) is 24.5 Å². The fraction of sp³-hybridized carbons (Fsp3) is 0.789. The summed E-state index contributed by atoms with van der Waals surface area (Å²) in [7, 11) is 0. The van der Waals surface area contributed by atoms with Crippen LogP contribution >= 0.6 is 0 Å². The van der Waals surface area contributed by atoms with E-state index >= 15 is 0 Å². The average Bonchev–Trinajstić information content (AvgIpc) is 2.67. The van der Waals surface area contributed by atoms with Gasteiger partial charge in [0.2, 0.25) is 0 Å². The molecule has 2 aliphatic rings. The summed E-state index contributed by atoms with van der Waals surface area (Å²) in [6, 6.07) is 0. The third-order valence-electron chi connectivity index (χ3n) is 5.61. The smallest absolute Gasteiger partial charge is 0.336 e. The van der Waals surface area contributed by atoms with Crippen LogP contribution < -0.4 is 5.32 Å². The molecule has 1 fully saturated rings. The van der Waals surface area contributed by atoms with E-state index in [1.165, 1.54) is 13.8 Å². The summed E-state index contributed by atoms with van der Waals surface area (Å²) in [5, 5.41) is 2.24. The lowest BCUT2D eigenvalue weighted by molar-refractivity contribution is -0.176. The summed E-state index contributed by atoms with van der Waals surface area (Å²) < 4.78 is 66.0. The van der Waals surface area contributed by atoms with E-state index in [0.29, 0.717) is 12.8 Å². The minimum Gasteiger partial charge on any atom is -0.465 e. The van der Waals surface area contributed by atoms with Gasteiger partial charge in [0.1, 0.15) is 0 Å². The van der Waals surface area contributed by atoms with Crippen LogP contribution in [-0.2, 0) is 19.1 Å². The van der Waals surface area contributed by atoms with E-state index in [1.807, 2.05) is 0 Å². The Morgan fingerprint density at radius 2 is 1.68 bits per heavy atom. The largest absolute Gasteiger partial charge is 0.465 e. The highest BCUT2D eigenvalue weighted by atomic mass is 19.3. The SMILES string of the molecule is CCOC(=O)C1=C(C(F)F)NCC(C(=O)OCC)(C(F)F)C1C1CCCCC1. The zero-order valence-corrected chi connectivity index (χ0v) is 16.1. The minimum atomic E-state index is -3.20. The monoisotopic (exact) mass is 409 g/mol. The van der Waals surface area contributed by atoms with Gasteiger partial charge in [-0.2, -0.15) is 0 Å². The van der Waals surface area contributed by atoms with Crippen molar-refractivity contribution in [2.75, 3.05) is 19.8 Å². The molecule has 0 aromatic rings. The van der Waals surface area contributed by atoms with Crippen LogP contribution in [0.4, 0.5) is 17.6 Å². The summed E-state index contributed by atoms with van der Waals surface area (Å²) >= 11 is 0. The first kappa shape index (κ1) is 22.5. The summed E-state index contributed by atoms with van der Waals surface area (Å²) in [4.78, 5) is 25.3. The number of alkyl halides is 4. The van der Waals surface area contributed by atoms with Gasteiger partial charge in [-0.05, 0) is 32.6 Å². The first-order valence-electron chi connectivity index (χ1n) is 9.69. The van der Waals surface area contributed by atoms with E-state index in [0.717, 1.165) is 19.3 Å². The molecule has 0 aromatic heterocycles. The number of rotatable bonds is 7. The van der Waals surface area contributed by atoms with E-state index in [1.54, 1.807) is 0 Å². The Hall–Kier alpha value is -1.80. The Bertz CT molecular complexity index is 605. The van der Waals surface area contributed by atoms with Crippen molar-refractivity contribution < 1.29 is 36.6 Å². The van der Waals surface area contributed by atoms with Gasteiger partial charge in [0.25, 0.3) is 12.9 Å². The van der Waals surface area contributed by atoms with Crippen LogP contribution in [0.3, 0.4) is 0 Å². The van der Waals surface area contributed by atoms with Gasteiger partial charge in [-0.1, -0.05) is 19.3 Å². The summed E-state index contributed by atoms with van der Waals surface area (Å²) in [6.45, 7) is 2.03. The molecule has 0 amide bonds. The Balaban J connectivity index is 2.68. The number of allylic oxidation sites excluding steroid dienone is 1. The summed E-state index contributed by atoms with van der Waals surface area (Å²) in [6.07, 6.45) is -3.01. The topological polar surface area (TPSA) is 64.6 Å². The molecule has 1 N–H and O–H groups in total. The second-order valence-electron chi connectivity index (χ2n) is 7.14. The molecule has 2 unspecified atom stereocenters. The fourth-order valence-electron chi connectivity index (χ4n) is 4.40. The molecule has 0 saturated heterocycles. The molecule has 0 spiro atoms. The standard InChI is InChI=1S/C19H27F4NO4/c1-3-27-16(25)12-13(11-8-6-5-7-9-11)19(17(22)23,18(26)28-4-2)10-24-14(12)15(20)21/h11,13,15,17,24H,3-10H2,1-2H3. The number of nitrogens with one attached hydrogen (secondary N) is 1. The number of carbonyl (C=O) groups is 2. The summed E-state index contributed by atoms with van der Waals surface area (Å²) in [5.74, 6) is -4.17. The van der Waals surface area contributed by atoms with Gasteiger partial charge in [-0.3, -0.25) is 4.79 Å². The molecule has 1 heterocycles. The molecule has 28 heavy (non-hydrogen) atoms. The van der Waals surface area contributed by atoms with E-state index in [-0.39, 0.29) is 13.2 Å². The average molecular weight is 409 g/mol. The minimum absolute atomic E-state index is 0.0999. The first-order valence-corrected chi connectivity index (χ1v) is 9.69. The van der Waals surface area contributed by atoms with Crippen LogP contribution in [-0.4, -0.2) is 44.5 Å². The molecule has 1 aliphatic carbocycles. The van der Waals surface area contributed by atoms with E-state index < -0.39 is 59.9 Å². The Labute approximate surface area is 161 Å². The molecule has 0 aromatic carbocycles. The van der Waals surface area contributed by atoms with Crippen LogP contribution in [0.15, 0.2) is 11.3 Å². The number of esters is 2. The number of ether oxygens (including phenoxy) is 2. The van der Waals surface area contributed by atoms with Crippen molar-refractivity contribution in [2.24, 2.45) is 17.3 Å². The lowest BCUT2D eigenvalue weighted by Gasteiger charge is -2.47. The van der Waals surface area contributed by atoms with Crippen LogP contribution in [0.5, 0.6) is 0 Å². The zero-order chi connectivity index (χ0) is 20.9. The molecule has 1 saturated carbocycles. The van der Waals surface area contributed by atoms with Crippen molar-refractivity contribution in [1.29, 1.82) is 0 Å². The number of hydrogen-bond donors (Lipinski definition) is 1. The Morgan fingerprint density at radius 1 is 1.07 bits per heavy atom. The van der Waals surface area contributed by atoms with Crippen molar-refractivity contribution in [1.82, 2.24) is 5.32 Å². The van der Waals surface area contributed by atoms with E-state index in [4.69, 9.17) is 9.47 Å². The van der Waals surface area contributed by atoms with Gasteiger partial charge in [-0.25, -0.2) is 22.4 Å². The van der Waals surface area contributed by atoms with Crippen molar-refractivity contribution >= 4 is 11.9 Å². The molecule has 160 valence electrons. The molecule has 0 radical (unpaired) electrons. The lowest BCUT2D eigenvalue weighted by Crippen LogP contribution is -2.59. The van der Waals surface area contributed by atoms with Crippen LogP contribution in [0.1, 0.15) is 46.0 Å². The van der Waals surface area contributed by atoms with Crippen LogP contribution in [0, 0.1) is 17.3 Å². The van der Waals surface area contributed by atoms with Crippen molar-refractivity contribution in [3.63, 3.8) is 0 Å². The third-order valence-corrected chi connectivity index (χ3v) is 5.61. The molecule has 2 rings (SSSR count). The van der Waals surface area contributed by atoms with Gasteiger partial charge in [0, 0.05) is 12.5 Å². The highest BCUT2D eigenvalue weighted by Crippen LogP contribution is 2.51.